The van der Waals surface area contributed by atoms with Gasteiger partial charge in [0.2, 0.25) is 0 Å². The number of nitrogens with two attached hydrogens (primary N) is 1. The van der Waals surface area contributed by atoms with Crippen molar-refractivity contribution in [2.75, 3.05) is 13.6 Å². The molecule has 20 heavy (non-hydrogen) atoms. The van der Waals surface area contributed by atoms with Gasteiger partial charge in [-0.3, -0.25) is 4.90 Å². The van der Waals surface area contributed by atoms with E-state index in [1.165, 1.54) is 37.8 Å². The van der Waals surface area contributed by atoms with Gasteiger partial charge in [-0.05, 0) is 38.1 Å². The predicted molar refractivity (Wildman–Crippen MR) is 77.4 cm³/mol. The molecule has 1 atom stereocenters. The van der Waals surface area contributed by atoms with Crippen molar-refractivity contribution in [3.63, 3.8) is 0 Å². The lowest BCUT2D eigenvalue weighted by Crippen LogP contribution is -2.38. The van der Waals surface area contributed by atoms with E-state index in [1.807, 2.05) is 7.05 Å². The average molecular weight is 282 g/mol. The van der Waals surface area contributed by atoms with Crippen LogP contribution in [0.3, 0.4) is 0 Å². The van der Waals surface area contributed by atoms with Crippen LogP contribution >= 0.6 is 0 Å². The van der Waals surface area contributed by atoms with Crippen molar-refractivity contribution >= 4 is 0 Å². The van der Waals surface area contributed by atoms with Crippen molar-refractivity contribution in [2.24, 2.45) is 5.73 Å². The van der Waals surface area contributed by atoms with Gasteiger partial charge in [0.15, 0.2) is 0 Å². The summed E-state index contributed by atoms with van der Waals surface area (Å²) < 4.78 is 27.4. The molecule has 0 bridgehead atoms. The monoisotopic (exact) mass is 282 g/mol. The molecule has 112 valence electrons. The Balaban J connectivity index is 2.19. The first-order valence-corrected chi connectivity index (χ1v) is 7.50. The van der Waals surface area contributed by atoms with Crippen molar-refractivity contribution in [2.45, 2.75) is 50.6 Å². The lowest BCUT2D eigenvalue weighted by Gasteiger charge is -2.34. The van der Waals surface area contributed by atoms with Crippen LogP contribution in [0.4, 0.5) is 8.78 Å². The van der Waals surface area contributed by atoms with E-state index in [0.717, 1.165) is 18.9 Å². The molecule has 2 N–H and O–H groups in total. The maximum atomic E-state index is 14.0. The van der Waals surface area contributed by atoms with Crippen LogP contribution in [-0.4, -0.2) is 24.5 Å². The Bertz CT molecular complexity index is 428. The van der Waals surface area contributed by atoms with Crippen LogP contribution in [0, 0.1) is 11.6 Å². The largest absolute Gasteiger partial charge is 0.329 e. The lowest BCUT2D eigenvalue weighted by molar-refractivity contribution is 0.158. The summed E-state index contributed by atoms with van der Waals surface area (Å²) in [6, 6.07) is 3.77. The second kappa shape index (κ2) is 7.14. The van der Waals surface area contributed by atoms with Gasteiger partial charge < -0.3 is 5.73 Å². The van der Waals surface area contributed by atoms with Gasteiger partial charge in [-0.25, -0.2) is 8.78 Å². The fraction of sp³-hybridized carbons (Fsp3) is 0.625. The maximum Gasteiger partial charge on any atom is 0.128 e. The van der Waals surface area contributed by atoms with Crippen LogP contribution < -0.4 is 5.73 Å². The summed E-state index contributed by atoms with van der Waals surface area (Å²) in [7, 11) is 1.98. The van der Waals surface area contributed by atoms with Gasteiger partial charge in [-0.2, -0.15) is 0 Å². The summed E-state index contributed by atoms with van der Waals surface area (Å²) in [6.07, 6.45) is 7.18. The quantitative estimate of drug-likeness (QED) is 0.855. The van der Waals surface area contributed by atoms with Crippen LogP contribution in [0.1, 0.15) is 50.1 Å². The third kappa shape index (κ3) is 3.55. The molecule has 1 aliphatic rings. The predicted octanol–water partition coefficient (Wildman–Crippen LogP) is 3.62. The highest BCUT2D eigenvalue weighted by Gasteiger charge is 2.26. The Hall–Kier alpha value is -1.00. The molecule has 1 aromatic carbocycles. The molecule has 0 spiro atoms. The molecule has 0 amide bonds. The summed E-state index contributed by atoms with van der Waals surface area (Å²) in [6.45, 7) is 0.299. The number of hydrogen-bond acceptors (Lipinski definition) is 2. The number of rotatable bonds is 4. The summed E-state index contributed by atoms with van der Waals surface area (Å²) in [4.78, 5) is 2.14. The summed E-state index contributed by atoms with van der Waals surface area (Å²) in [5.74, 6) is -0.781. The SMILES string of the molecule is CN(C1CCCCCC1)C(CN)c1cc(F)ccc1F. The standard InChI is InChI=1S/C16H24F2N2/c1-20(13-6-4-2-3-5-7-13)16(11-19)14-10-12(17)8-9-15(14)18/h8-10,13,16H,2-7,11,19H2,1H3. The Morgan fingerprint density at radius 2 is 1.85 bits per heavy atom. The topological polar surface area (TPSA) is 29.3 Å². The van der Waals surface area contributed by atoms with E-state index in [1.54, 1.807) is 0 Å². The number of benzene rings is 1. The zero-order valence-corrected chi connectivity index (χ0v) is 12.1. The molecule has 0 aliphatic heterocycles. The molecule has 0 saturated heterocycles. The summed E-state index contributed by atoms with van der Waals surface area (Å²) in [5, 5.41) is 0. The highest BCUT2D eigenvalue weighted by atomic mass is 19.1. The minimum absolute atomic E-state index is 0.256. The second-order valence-corrected chi connectivity index (χ2v) is 5.73. The normalized spacial score (nSPS) is 19.1. The average Bonchev–Trinajstić information content (AvgIpc) is 2.72. The Kier molecular flexibility index (Phi) is 5.49. The highest BCUT2D eigenvalue weighted by Crippen LogP contribution is 2.29. The fourth-order valence-electron chi connectivity index (χ4n) is 3.20. The Morgan fingerprint density at radius 3 is 2.45 bits per heavy atom. The third-order valence-electron chi connectivity index (χ3n) is 4.43. The van der Waals surface area contributed by atoms with Crippen molar-refractivity contribution in [1.82, 2.24) is 4.90 Å². The molecule has 0 heterocycles. The first-order chi connectivity index (χ1) is 9.63. The van der Waals surface area contributed by atoms with Crippen LogP contribution in [0.2, 0.25) is 0 Å². The van der Waals surface area contributed by atoms with Crippen LogP contribution in [0.15, 0.2) is 18.2 Å². The first-order valence-electron chi connectivity index (χ1n) is 7.50. The molecule has 2 rings (SSSR count). The molecular formula is C16H24F2N2. The Morgan fingerprint density at radius 1 is 1.20 bits per heavy atom. The van der Waals surface area contributed by atoms with E-state index >= 15 is 0 Å². The lowest BCUT2D eigenvalue weighted by atomic mass is 10.00. The van der Waals surface area contributed by atoms with E-state index in [2.05, 4.69) is 4.90 Å². The maximum absolute atomic E-state index is 14.0. The van der Waals surface area contributed by atoms with Crippen molar-refractivity contribution in [1.29, 1.82) is 0 Å². The summed E-state index contributed by atoms with van der Waals surface area (Å²) in [5.41, 5.74) is 6.21. The minimum Gasteiger partial charge on any atom is -0.329 e. The Labute approximate surface area is 120 Å². The van der Waals surface area contributed by atoms with Crippen LogP contribution in [0.25, 0.3) is 0 Å². The molecule has 1 aliphatic carbocycles. The van der Waals surface area contributed by atoms with E-state index in [9.17, 15) is 8.78 Å². The van der Waals surface area contributed by atoms with Crippen molar-refractivity contribution in [3.05, 3.63) is 35.4 Å². The van der Waals surface area contributed by atoms with Crippen LogP contribution in [0.5, 0.6) is 0 Å². The molecular weight excluding hydrogens is 258 g/mol. The molecule has 1 unspecified atom stereocenters. The number of likely N-dealkylation sites (N-methyl/N-ethyl adjacent to an activating group) is 1. The van der Waals surface area contributed by atoms with Gasteiger partial charge in [-0.1, -0.05) is 25.7 Å². The highest BCUT2D eigenvalue weighted by molar-refractivity contribution is 5.23. The van der Waals surface area contributed by atoms with E-state index in [4.69, 9.17) is 5.73 Å². The van der Waals surface area contributed by atoms with Gasteiger partial charge in [0, 0.05) is 24.2 Å². The number of halogens is 2. The smallest absolute Gasteiger partial charge is 0.128 e. The number of hydrogen-bond donors (Lipinski definition) is 1. The van der Waals surface area contributed by atoms with E-state index < -0.39 is 5.82 Å². The van der Waals surface area contributed by atoms with Crippen molar-refractivity contribution < 1.29 is 8.78 Å². The van der Waals surface area contributed by atoms with Crippen molar-refractivity contribution in [3.8, 4) is 0 Å². The zero-order chi connectivity index (χ0) is 14.5. The molecule has 0 radical (unpaired) electrons. The fourth-order valence-corrected chi connectivity index (χ4v) is 3.20. The third-order valence-corrected chi connectivity index (χ3v) is 4.43. The van der Waals surface area contributed by atoms with Gasteiger partial charge in [-0.15, -0.1) is 0 Å². The minimum atomic E-state index is -0.408. The molecule has 1 fully saturated rings. The van der Waals surface area contributed by atoms with E-state index in [-0.39, 0.29) is 11.9 Å². The van der Waals surface area contributed by atoms with Gasteiger partial charge in [0.05, 0.1) is 0 Å². The molecule has 4 heteroatoms. The second-order valence-electron chi connectivity index (χ2n) is 5.73. The zero-order valence-electron chi connectivity index (χ0n) is 12.1. The van der Waals surface area contributed by atoms with E-state index in [0.29, 0.717) is 18.2 Å². The molecule has 0 aromatic heterocycles. The van der Waals surface area contributed by atoms with Gasteiger partial charge in [0.1, 0.15) is 11.6 Å². The summed E-state index contributed by atoms with van der Waals surface area (Å²) >= 11 is 0. The molecule has 1 saturated carbocycles. The first kappa shape index (κ1) is 15.4. The molecule has 1 aromatic rings. The molecule has 2 nitrogen and oxygen atoms in total. The van der Waals surface area contributed by atoms with Gasteiger partial charge >= 0.3 is 0 Å². The van der Waals surface area contributed by atoms with Crippen LogP contribution in [-0.2, 0) is 0 Å². The number of nitrogens with zero attached hydrogens (tertiary/aromatic N) is 1. The van der Waals surface area contributed by atoms with Gasteiger partial charge in [0.25, 0.3) is 0 Å².